The summed E-state index contributed by atoms with van der Waals surface area (Å²) in [6, 6.07) is 9.70. The first-order valence-electron chi connectivity index (χ1n) is 9.09. The highest BCUT2D eigenvalue weighted by atomic mass is 35.5. The number of aromatic hydroxyl groups is 1. The largest absolute Gasteiger partial charge is 0.506 e. The number of hydrogen-bond donors (Lipinski definition) is 2. The molecule has 1 aliphatic heterocycles. The maximum Gasteiger partial charge on any atom is 0.344 e. The second-order valence-corrected chi connectivity index (χ2v) is 8.32. The number of halogens is 2. The monoisotopic (exact) mass is 477 g/mol. The van der Waals surface area contributed by atoms with Gasteiger partial charge in [-0.2, -0.15) is 0 Å². The van der Waals surface area contributed by atoms with Gasteiger partial charge in [-0.3, -0.25) is 4.79 Å². The van der Waals surface area contributed by atoms with Crippen molar-refractivity contribution in [1.29, 1.82) is 0 Å². The molecule has 2 aromatic rings. The summed E-state index contributed by atoms with van der Waals surface area (Å²) in [6.07, 6.45) is 1.51. The third-order valence-electron chi connectivity index (χ3n) is 4.21. The van der Waals surface area contributed by atoms with Gasteiger partial charge < -0.3 is 14.9 Å². The lowest BCUT2D eigenvalue weighted by Gasteiger charge is -2.03. The maximum absolute atomic E-state index is 12.6. The predicted molar refractivity (Wildman–Crippen MR) is 123 cm³/mol. The lowest BCUT2D eigenvalue weighted by Crippen LogP contribution is -2.14. The van der Waals surface area contributed by atoms with Gasteiger partial charge in [0.1, 0.15) is 16.4 Å². The fourth-order valence-electron chi connectivity index (χ4n) is 2.66. The number of esters is 1. The van der Waals surface area contributed by atoms with Crippen molar-refractivity contribution >= 4 is 58.0 Å². The summed E-state index contributed by atoms with van der Waals surface area (Å²) >= 11 is 12.8. The van der Waals surface area contributed by atoms with Gasteiger partial charge in [-0.15, -0.1) is 0 Å². The Labute approximate surface area is 192 Å². The first-order chi connectivity index (χ1) is 14.7. The van der Waals surface area contributed by atoms with Crippen LogP contribution in [0.4, 0.5) is 0 Å². The minimum absolute atomic E-state index is 0.0174. The zero-order valence-corrected chi connectivity index (χ0v) is 18.8. The summed E-state index contributed by atoms with van der Waals surface area (Å²) in [5, 5.41) is 20.5. The molecule has 0 saturated carbocycles. The number of carbonyl (C=O) groups excluding carboxylic acids is 2. The number of thioether (sulfide) groups is 1. The number of hydrogen-bond acceptors (Lipinski definition) is 6. The molecule has 0 spiro atoms. The number of amides is 1. The molecule has 1 aliphatic rings. The number of aliphatic hydroxyl groups is 1. The Morgan fingerprint density at radius 2 is 1.74 bits per heavy atom. The van der Waals surface area contributed by atoms with Crippen molar-refractivity contribution in [2.45, 2.75) is 13.8 Å². The fourth-order valence-corrected chi connectivity index (χ4v) is 4.18. The van der Waals surface area contributed by atoms with Gasteiger partial charge in [0.2, 0.25) is 0 Å². The van der Waals surface area contributed by atoms with Crippen LogP contribution >= 0.6 is 35.0 Å². The van der Waals surface area contributed by atoms with Crippen LogP contribution in [0, 0.1) is 6.92 Å². The third kappa shape index (κ3) is 5.12. The van der Waals surface area contributed by atoms with Crippen LogP contribution in [0.2, 0.25) is 10.0 Å². The number of benzene rings is 2. The molecule has 0 saturated heterocycles. The van der Waals surface area contributed by atoms with E-state index in [4.69, 9.17) is 27.9 Å². The third-order valence-corrected chi connectivity index (χ3v) is 5.80. The quantitative estimate of drug-likeness (QED) is 0.547. The molecule has 31 heavy (non-hydrogen) atoms. The first-order valence-corrected chi connectivity index (χ1v) is 10.7. The number of aliphatic hydroxyl groups excluding tert-OH is 1. The number of aryl methyl sites for hydroxylation is 1. The summed E-state index contributed by atoms with van der Waals surface area (Å²) < 4.78 is 5.02. The normalized spacial score (nSPS) is 16.3. The minimum Gasteiger partial charge on any atom is -0.506 e. The van der Waals surface area contributed by atoms with Gasteiger partial charge in [-0.05, 0) is 49.8 Å². The van der Waals surface area contributed by atoms with E-state index in [0.29, 0.717) is 11.1 Å². The fraction of sp³-hybridized carbons (Fsp3) is 0.136. The topological polar surface area (TPSA) is 96.2 Å². The Bertz CT molecular complexity index is 1130. The summed E-state index contributed by atoms with van der Waals surface area (Å²) in [5.74, 6) is -2.00. The Balaban J connectivity index is 2.03. The average molecular weight is 478 g/mol. The molecule has 6 nitrogen and oxygen atoms in total. The van der Waals surface area contributed by atoms with E-state index in [1.165, 1.54) is 18.2 Å². The van der Waals surface area contributed by atoms with E-state index in [1.807, 2.05) is 6.92 Å². The summed E-state index contributed by atoms with van der Waals surface area (Å²) in [7, 11) is 0. The van der Waals surface area contributed by atoms with E-state index >= 15 is 0 Å². The predicted octanol–water partition coefficient (Wildman–Crippen LogP) is 5.71. The molecule has 1 amide bonds. The number of ether oxygens (including phenoxy) is 1. The molecule has 0 atom stereocenters. The highest BCUT2D eigenvalue weighted by molar-refractivity contribution is 8.18. The maximum atomic E-state index is 12.6. The van der Waals surface area contributed by atoms with Gasteiger partial charge in [0.15, 0.2) is 5.75 Å². The highest BCUT2D eigenvalue weighted by Crippen LogP contribution is 2.41. The van der Waals surface area contributed by atoms with Crippen molar-refractivity contribution in [3.8, 4) is 5.75 Å². The van der Waals surface area contributed by atoms with Crippen molar-refractivity contribution in [1.82, 2.24) is 0 Å². The standard InChI is InChI=1S/C22H17Cl2NO5S/c1-3-30-22(29)17-19(27)16(10-12-8-14(23)18(26)15(24)9-12)31-21(17)25-20(28)13-6-4-11(2)5-7-13/h4-10,26-27H,3H2,1-2H3. The number of rotatable bonds is 4. The molecular formula is C22H17Cl2NO5S. The zero-order chi connectivity index (χ0) is 22.7. The van der Waals surface area contributed by atoms with E-state index in [-0.39, 0.29) is 43.7 Å². The van der Waals surface area contributed by atoms with Crippen LogP contribution in [0.25, 0.3) is 6.08 Å². The van der Waals surface area contributed by atoms with Gasteiger partial charge in [0.25, 0.3) is 5.91 Å². The molecule has 160 valence electrons. The molecule has 0 aromatic heterocycles. The van der Waals surface area contributed by atoms with Gasteiger partial charge in [-0.25, -0.2) is 9.79 Å². The Hall–Kier alpha value is -2.74. The van der Waals surface area contributed by atoms with E-state index in [0.717, 1.165) is 17.3 Å². The summed E-state index contributed by atoms with van der Waals surface area (Å²) in [6.45, 7) is 3.61. The number of aliphatic imine (C=N–C) groups is 1. The van der Waals surface area contributed by atoms with E-state index in [9.17, 15) is 19.8 Å². The van der Waals surface area contributed by atoms with Crippen LogP contribution in [-0.2, 0) is 9.53 Å². The number of phenols is 1. The Kier molecular flexibility index (Phi) is 7.10. The van der Waals surface area contributed by atoms with Crippen LogP contribution in [-0.4, -0.2) is 33.7 Å². The zero-order valence-electron chi connectivity index (χ0n) is 16.5. The first kappa shape index (κ1) is 22.9. The van der Waals surface area contributed by atoms with Crippen LogP contribution in [0.5, 0.6) is 5.75 Å². The van der Waals surface area contributed by atoms with E-state index in [1.54, 1.807) is 31.2 Å². The van der Waals surface area contributed by atoms with E-state index in [2.05, 4.69) is 4.99 Å². The molecule has 0 aliphatic carbocycles. The number of carbonyl (C=O) groups is 2. The van der Waals surface area contributed by atoms with Crippen molar-refractivity contribution in [2.24, 2.45) is 4.99 Å². The lowest BCUT2D eigenvalue weighted by molar-refractivity contribution is -0.138. The molecule has 1 heterocycles. The van der Waals surface area contributed by atoms with Gasteiger partial charge in [0, 0.05) is 5.56 Å². The highest BCUT2D eigenvalue weighted by Gasteiger charge is 2.34. The lowest BCUT2D eigenvalue weighted by atomic mass is 10.1. The van der Waals surface area contributed by atoms with Crippen LogP contribution in [0.1, 0.15) is 28.4 Å². The summed E-state index contributed by atoms with van der Waals surface area (Å²) in [5.41, 5.74) is 1.60. The van der Waals surface area contributed by atoms with Crippen molar-refractivity contribution in [3.63, 3.8) is 0 Å². The van der Waals surface area contributed by atoms with Crippen LogP contribution < -0.4 is 0 Å². The molecule has 0 unspecified atom stereocenters. The Morgan fingerprint density at radius 3 is 2.32 bits per heavy atom. The molecule has 9 heteroatoms. The van der Waals surface area contributed by atoms with Crippen molar-refractivity contribution in [3.05, 3.63) is 79.4 Å². The molecular weight excluding hydrogens is 461 g/mol. The second kappa shape index (κ2) is 9.60. The average Bonchev–Trinajstić information content (AvgIpc) is 3.01. The smallest absolute Gasteiger partial charge is 0.344 e. The molecule has 0 fully saturated rings. The van der Waals surface area contributed by atoms with Gasteiger partial charge in [-0.1, -0.05) is 52.7 Å². The van der Waals surface area contributed by atoms with Crippen molar-refractivity contribution in [2.75, 3.05) is 6.61 Å². The van der Waals surface area contributed by atoms with Gasteiger partial charge in [0.05, 0.1) is 21.6 Å². The minimum atomic E-state index is -0.798. The molecule has 2 aromatic carbocycles. The number of nitrogens with zero attached hydrogens (tertiary/aromatic N) is 1. The Morgan fingerprint density at radius 1 is 1.13 bits per heavy atom. The summed E-state index contributed by atoms with van der Waals surface area (Å²) in [4.78, 5) is 29.3. The molecule has 0 radical (unpaired) electrons. The molecule has 0 bridgehead atoms. The molecule has 2 N–H and O–H groups in total. The van der Waals surface area contributed by atoms with Crippen LogP contribution in [0.3, 0.4) is 0 Å². The van der Waals surface area contributed by atoms with Crippen molar-refractivity contribution < 1.29 is 24.5 Å². The number of phenolic OH excluding ortho intramolecular Hbond substituents is 1. The molecule has 3 rings (SSSR count). The van der Waals surface area contributed by atoms with Crippen LogP contribution in [0.15, 0.2) is 57.6 Å². The SMILES string of the molecule is CCOC(=O)C1=C(O)C(=Cc2cc(Cl)c(O)c(Cl)c2)SC1=NC(=O)c1ccc(C)cc1. The second-order valence-electron chi connectivity index (χ2n) is 6.48. The van der Waals surface area contributed by atoms with E-state index < -0.39 is 11.9 Å². The van der Waals surface area contributed by atoms with Gasteiger partial charge >= 0.3 is 5.97 Å².